The van der Waals surface area contributed by atoms with Crippen LogP contribution in [0.4, 0.5) is 0 Å². The Hall–Kier alpha value is -6.43. The van der Waals surface area contributed by atoms with E-state index in [1.54, 1.807) is 11.3 Å². The summed E-state index contributed by atoms with van der Waals surface area (Å²) in [7, 11) is 0. The average Bonchev–Trinajstić information content (AvgIpc) is 3.82. The number of fused-ring (bicyclic) bond motifs is 9. The zero-order valence-corrected chi connectivity index (χ0v) is 30.0. The van der Waals surface area contributed by atoms with E-state index in [4.69, 9.17) is 15.0 Å². The smallest absolute Gasteiger partial charge is 0.164 e. The van der Waals surface area contributed by atoms with Crippen molar-refractivity contribution in [3.63, 3.8) is 0 Å². The first-order valence-corrected chi connectivity index (χ1v) is 18.8. The number of hydrogen-bond donors (Lipinski definition) is 0. The molecule has 1 aliphatic carbocycles. The van der Waals surface area contributed by atoms with E-state index < -0.39 is 0 Å². The second-order valence-corrected chi connectivity index (χ2v) is 15.6. The maximum absolute atomic E-state index is 5.10. The van der Waals surface area contributed by atoms with Crippen LogP contribution in [0.2, 0.25) is 0 Å². The van der Waals surface area contributed by atoms with Crippen molar-refractivity contribution in [3.05, 3.63) is 169 Å². The van der Waals surface area contributed by atoms with Gasteiger partial charge >= 0.3 is 0 Å². The first-order chi connectivity index (χ1) is 26.0. The minimum atomic E-state index is -0.0837. The summed E-state index contributed by atoms with van der Waals surface area (Å²) in [6.07, 6.45) is 0. The zero-order chi connectivity index (χ0) is 35.3. The van der Waals surface area contributed by atoms with Crippen molar-refractivity contribution in [3.8, 4) is 51.0 Å². The molecule has 0 bridgehead atoms. The molecule has 53 heavy (non-hydrogen) atoms. The van der Waals surface area contributed by atoms with Gasteiger partial charge in [0.05, 0.1) is 11.0 Å². The molecule has 0 amide bonds. The lowest BCUT2D eigenvalue weighted by molar-refractivity contribution is 0.661. The van der Waals surface area contributed by atoms with E-state index in [1.165, 1.54) is 64.2 Å². The Morgan fingerprint density at radius 1 is 0.434 bits per heavy atom. The summed E-state index contributed by atoms with van der Waals surface area (Å²) in [6, 6.07) is 56.4. The molecule has 0 spiro atoms. The van der Waals surface area contributed by atoms with Gasteiger partial charge in [-0.05, 0) is 76.9 Å². The number of thiophene rings is 1. The molecular weight excluding hydrogens is 665 g/mol. The Labute approximate surface area is 310 Å². The number of nitrogens with zero attached hydrogens (tertiary/aromatic N) is 4. The number of hydrogen-bond acceptors (Lipinski definition) is 4. The van der Waals surface area contributed by atoms with Gasteiger partial charge in [-0.25, -0.2) is 15.0 Å². The van der Waals surface area contributed by atoms with Crippen molar-refractivity contribution in [2.45, 2.75) is 19.3 Å². The molecular formula is C48H32N4S. The van der Waals surface area contributed by atoms with Gasteiger partial charge in [-0.15, -0.1) is 11.3 Å². The van der Waals surface area contributed by atoms with Crippen LogP contribution >= 0.6 is 11.3 Å². The van der Waals surface area contributed by atoms with Crippen LogP contribution in [-0.4, -0.2) is 19.5 Å². The molecule has 250 valence electrons. The van der Waals surface area contributed by atoms with E-state index in [9.17, 15) is 0 Å². The summed E-state index contributed by atoms with van der Waals surface area (Å²) in [5.41, 5.74) is 11.7. The maximum Gasteiger partial charge on any atom is 0.164 e. The van der Waals surface area contributed by atoms with Crippen LogP contribution in [0.15, 0.2) is 158 Å². The molecule has 0 N–H and O–H groups in total. The lowest BCUT2D eigenvalue weighted by Gasteiger charge is -2.21. The molecule has 0 radical (unpaired) electrons. The summed E-state index contributed by atoms with van der Waals surface area (Å²) >= 11 is 1.80. The molecule has 3 aromatic heterocycles. The van der Waals surface area contributed by atoms with Crippen molar-refractivity contribution >= 4 is 53.3 Å². The fourth-order valence-electron chi connectivity index (χ4n) is 8.42. The van der Waals surface area contributed by atoms with Crippen LogP contribution in [0.5, 0.6) is 0 Å². The Balaban J connectivity index is 1.05. The van der Waals surface area contributed by atoms with E-state index in [1.807, 2.05) is 18.2 Å². The predicted molar refractivity (Wildman–Crippen MR) is 221 cm³/mol. The molecule has 0 saturated heterocycles. The molecule has 0 unspecified atom stereocenters. The van der Waals surface area contributed by atoms with Gasteiger partial charge in [-0.1, -0.05) is 117 Å². The zero-order valence-electron chi connectivity index (χ0n) is 29.2. The molecule has 0 saturated carbocycles. The van der Waals surface area contributed by atoms with Crippen molar-refractivity contribution < 1.29 is 0 Å². The van der Waals surface area contributed by atoms with Crippen LogP contribution in [0.25, 0.3) is 93.0 Å². The molecule has 10 aromatic rings. The molecule has 3 heterocycles. The number of benzene rings is 7. The summed E-state index contributed by atoms with van der Waals surface area (Å²) in [5, 5.41) is 5.05. The van der Waals surface area contributed by atoms with Crippen LogP contribution in [-0.2, 0) is 5.41 Å². The fraction of sp³-hybridized carbons (Fsp3) is 0.0625. The van der Waals surface area contributed by atoms with Crippen LogP contribution in [0, 0.1) is 0 Å². The Kier molecular flexibility index (Phi) is 6.43. The number of rotatable bonds is 4. The second kappa shape index (κ2) is 11.3. The van der Waals surface area contributed by atoms with Gasteiger partial charge in [-0.2, -0.15) is 0 Å². The van der Waals surface area contributed by atoms with Crippen molar-refractivity contribution in [2.75, 3.05) is 0 Å². The van der Waals surface area contributed by atoms with Gasteiger partial charge in [0.1, 0.15) is 0 Å². The minimum absolute atomic E-state index is 0.0837. The molecule has 0 atom stereocenters. The minimum Gasteiger partial charge on any atom is -0.309 e. The van der Waals surface area contributed by atoms with E-state index in [0.717, 1.165) is 22.4 Å². The Morgan fingerprint density at radius 2 is 1.06 bits per heavy atom. The highest BCUT2D eigenvalue weighted by atomic mass is 32.1. The number of aromatic nitrogens is 4. The lowest BCUT2D eigenvalue weighted by Crippen LogP contribution is -2.14. The topological polar surface area (TPSA) is 43.6 Å². The monoisotopic (exact) mass is 696 g/mol. The standard InChI is InChI=1S/C48H32N4S/c1-48(2)39-17-9-6-14-33(39)37-27-38-34-15-7-10-18-41(34)52(42(38)28-40(37)48)32-23-20-30(21-24-32)46-49-45(29-12-4-3-5-13-29)50-47(51-46)31-22-25-36-35-16-8-11-19-43(35)53-44(36)26-31/h3-28H,1-2H3. The van der Waals surface area contributed by atoms with Crippen LogP contribution in [0.1, 0.15) is 25.0 Å². The third kappa shape index (κ3) is 4.57. The highest BCUT2D eigenvalue weighted by Gasteiger charge is 2.36. The fourth-order valence-corrected chi connectivity index (χ4v) is 9.56. The van der Waals surface area contributed by atoms with Crippen molar-refractivity contribution in [1.82, 2.24) is 19.5 Å². The summed E-state index contributed by atoms with van der Waals surface area (Å²) in [5.74, 6) is 1.97. The molecule has 7 aromatic carbocycles. The summed E-state index contributed by atoms with van der Waals surface area (Å²) in [6.45, 7) is 4.69. The van der Waals surface area contributed by atoms with E-state index >= 15 is 0 Å². The number of para-hydroxylation sites is 1. The molecule has 4 nitrogen and oxygen atoms in total. The summed E-state index contributed by atoms with van der Waals surface area (Å²) in [4.78, 5) is 15.2. The van der Waals surface area contributed by atoms with Gasteiger partial charge in [-0.3, -0.25) is 0 Å². The van der Waals surface area contributed by atoms with E-state index in [-0.39, 0.29) is 5.41 Å². The van der Waals surface area contributed by atoms with Gasteiger partial charge in [0.25, 0.3) is 0 Å². The van der Waals surface area contributed by atoms with Crippen molar-refractivity contribution in [2.24, 2.45) is 0 Å². The third-order valence-corrected chi connectivity index (χ3v) is 12.2. The first kappa shape index (κ1) is 30.2. The summed E-state index contributed by atoms with van der Waals surface area (Å²) < 4.78 is 4.91. The highest BCUT2D eigenvalue weighted by molar-refractivity contribution is 7.25. The van der Waals surface area contributed by atoms with Gasteiger partial charge in [0, 0.05) is 58.7 Å². The van der Waals surface area contributed by atoms with Crippen LogP contribution in [0.3, 0.4) is 0 Å². The average molecular weight is 697 g/mol. The first-order valence-electron chi connectivity index (χ1n) is 18.0. The molecule has 11 rings (SSSR count). The SMILES string of the molecule is CC1(C)c2ccccc2-c2cc3c4ccccc4n(-c4ccc(-c5nc(-c6ccccc6)nc(-c6ccc7c(c6)sc6ccccc67)n5)cc4)c3cc21. The van der Waals surface area contributed by atoms with Gasteiger partial charge < -0.3 is 4.57 Å². The Bertz CT molecular complexity index is 3080. The molecule has 5 heteroatoms. The second-order valence-electron chi connectivity index (χ2n) is 14.5. The quantitative estimate of drug-likeness (QED) is 0.184. The predicted octanol–water partition coefficient (Wildman–Crippen LogP) is 12.6. The molecule has 1 aliphatic rings. The normalized spacial score (nSPS) is 13.2. The largest absolute Gasteiger partial charge is 0.309 e. The van der Waals surface area contributed by atoms with E-state index in [2.05, 4.69) is 158 Å². The molecule has 0 fully saturated rings. The van der Waals surface area contributed by atoms with Crippen LogP contribution < -0.4 is 0 Å². The van der Waals surface area contributed by atoms with E-state index in [0.29, 0.717) is 17.5 Å². The van der Waals surface area contributed by atoms with Gasteiger partial charge in [0.2, 0.25) is 0 Å². The highest BCUT2D eigenvalue weighted by Crippen LogP contribution is 2.51. The molecule has 0 aliphatic heterocycles. The van der Waals surface area contributed by atoms with Gasteiger partial charge in [0.15, 0.2) is 17.5 Å². The Morgan fingerprint density at radius 3 is 1.87 bits per heavy atom. The third-order valence-electron chi connectivity index (χ3n) is 11.1. The maximum atomic E-state index is 5.10. The lowest BCUT2D eigenvalue weighted by atomic mass is 9.82. The van der Waals surface area contributed by atoms with Crippen molar-refractivity contribution in [1.29, 1.82) is 0 Å².